The van der Waals surface area contributed by atoms with Gasteiger partial charge >= 0.3 is 13.7 Å². The lowest BCUT2D eigenvalue weighted by Crippen LogP contribution is -2.48. The molecule has 0 bridgehead atoms. The maximum Gasteiger partial charge on any atom is 0.317 e. The number of benzene rings is 1. The van der Waals surface area contributed by atoms with Crippen molar-refractivity contribution in [3.05, 3.63) is 47.4 Å². The summed E-state index contributed by atoms with van der Waals surface area (Å²) in [6.07, 6.45) is 2.24. The molecular formula is C22H32N2O6P+. The van der Waals surface area contributed by atoms with Gasteiger partial charge in [0.05, 0.1) is 5.92 Å². The fourth-order valence-electron chi connectivity index (χ4n) is 3.77. The number of nitrogens with zero attached hydrogens (tertiary/aromatic N) is 1. The van der Waals surface area contributed by atoms with Crippen LogP contribution < -0.4 is 5.32 Å². The van der Waals surface area contributed by atoms with Gasteiger partial charge < -0.3 is 10.4 Å². The number of rotatable bonds is 10. The largest absolute Gasteiger partial charge is 0.481 e. The molecule has 0 spiro atoms. The minimum Gasteiger partial charge on any atom is -0.481 e. The first kappa shape index (κ1) is 25.0. The first-order valence-electron chi connectivity index (χ1n) is 10.4. The van der Waals surface area contributed by atoms with Gasteiger partial charge in [-0.1, -0.05) is 44.2 Å². The second kappa shape index (κ2) is 10.8. The van der Waals surface area contributed by atoms with Gasteiger partial charge in [-0.3, -0.25) is 19.3 Å². The summed E-state index contributed by atoms with van der Waals surface area (Å²) < 4.78 is 0. The summed E-state index contributed by atoms with van der Waals surface area (Å²) in [5.74, 6) is -2.74. The van der Waals surface area contributed by atoms with E-state index in [0.29, 0.717) is 12.8 Å². The Morgan fingerprint density at radius 1 is 1.16 bits per heavy atom. The zero-order valence-electron chi connectivity index (χ0n) is 18.2. The predicted molar refractivity (Wildman–Crippen MR) is 119 cm³/mol. The molecule has 31 heavy (non-hydrogen) atoms. The molecule has 0 aromatic heterocycles. The molecule has 1 aliphatic rings. The summed E-state index contributed by atoms with van der Waals surface area (Å²) in [5.41, 5.74) is 0.863. The Hall–Kier alpha value is -2.28. The molecule has 1 heterocycles. The Morgan fingerprint density at radius 3 is 2.35 bits per heavy atom. The van der Waals surface area contributed by atoms with E-state index in [1.807, 2.05) is 19.9 Å². The van der Waals surface area contributed by atoms with Crippen LogP contribution in [-0.2, 0) is 20.8 Å². The van der Waals surface area contributed by atoms with Crippen molar-refractivity contribution >= 4 is 25.5 Å². The Kier molecular flexibility index (Phi) is 8.74. The summed E-state index contributed by atoms with van der Waals surface area (Å²) in [7, 11) is -3.88. The number of carbonyl (C=O) groups excluding carboxylic acids is 2. The molecule has 1 aliphatic heterocycles. The van der Waals surface area contributed by atoms with Crippen molar-refractivity contribution in [2.24, 2.45) is 11.8 Å². The van der Waals surface area contributed by atoms with Crippen molar-refractivity contribution < 1.29 is 29.3 Å². The zero-order chi connectivity index (χ0) is 23.2. The molecule has 0 saturated carbocycles. The lowest BCUT2D eigenvalue weighted by molar-refractivity contribution is -0.141. The summed E-state index contributed by atoms with van der Waals surface area (Å²) in [4.78, 5) is 59.7. The van der Waals surface area contributed by atoms with E-state index in [2.05, 4.69) is 5.32 Å². The Labute approximate surface area is 183 Å². The third-order valence-electron chi connectivity index (χ3n) is 5.12. The highest BCUT2D eigenvalue weighted by Gasteiger charge is 2.50. The van der Waals surface area contributed by atoms with Gasteiger partial charge in [-0.05, 0) is 36.8 Å². The molecule has 0 saturated heterocycles. The molecule has 0 fully saturated rings. The molecule has 170 valence electrons. The van der Waals surface area contributed by atoms with Crippen molar-refractivity contribution in [1.29, 1.82) is 0 Å². The molecule has 2 atom stereocenters. The van der Waals surface area contributed by atoms with Crippen molar-refractivity contribution in [2.45, 2.75) is 46.1 Å². The van der Waals surface area contributed by atoms with E-state index in [1.165, 1.54) is 11.8 Å². The number of aliphatic carboxylic acids is 1. The quantitative estimate of drug-likeness (QED) is 0.405. The average Bonchev–Trinajstić information content (AvgIpc) is 3.17. The van der Waals surface area contributed by atoms with Crippen LogP contribution in [0.2, 0.25) is 0 Å². The van der Waals surface area contributed by atoms with Gasteiger partial charge in [0.15, 0.2) is 0 Å². The second-order valence-electron chi connectivity index (χ2n) is 8.36. The van der Waals surface area contributed by atoms with Gasteiger partial charge in [0.2, 0.25) is 11.3 Å². The van der Waals surface area contributed by atoms with Gasteiger partial charge in [0.25, 0.3) is 5.91 Å². The maximum absolute atomic E-state index is 13.1. The molecule has 1 aromatic carbocycles. The minimum atomic E-state index is -3.88. The number of carboxylic acid groups (broad SMARTS) is 1. The highest BCUT2D eigenvalue weighted by molar-refractivity contribution is 7.68. The number of amides is 2. The van der Waals surface area contributed by atoms with Gasteiger partial charge in [0.1, 0.15) is 12.2 Å². The summed E-state index contributed by atoms with van der Waals surface area (Å²) >= 11 is 0. The molecule has 0 radical (unpaired) electrons. The van der Waals surface area contributed by atoms with Crippen molar-refractivity contribution in [1.82, 2.24) is 10.2 Å². The zero-order valence-corrected chi connectivity index (χ0v) is 19.1. The van der Waals surface area contributed by atoms with Gasteiger partial charge in [-0.15, -0.1) is 0 Å². The Morgan fingerprint density at radius 2 is 1.81 bits per heavy atom. The minimum absolute atomic E-state index is 0.0796. The van der Waals surface area contributed by atoms with E-state index in [4.69, 9.17) is 0 Å². The van der Waals surface area contributed by atoms with E-state index >= 15 is 0 Å². The van der Waals surface area contributed by atoms with Crippen molar-refractivity contribution in [2.75, 3.05) is 12.7 Å². The lowest BCUT2D eigenvalue weighted by Gasteiger charge is -2.28. The normalized spacial score (nSPS) is 16.1. The molecule has 0 aliphatic carbocycles. The fourth-order valence-corrected chi connectivity index (χ4v) is 5.86. The first-order valence-corrected chi connectivity index (χ1v) is 12.3. The second-order valence-corrected chi connectivity index (χ2v) is 10.6. The topological polar surface area (TPSA) is 127 Å². The van der Waals surface area contributed by atoms with Gasteiger partial charge in [0, 0.05) is 13.5 Å². The van der Waals surface area contributed by atoms with Gasteiger partial charge in [-0.25, -0.2) is 9.79 Å². The van der Waals surface area contributed by atoms with Crippen LogP contribution in [0.15, 0.2) is 41.8 Å². The average molecular weight is 451 g/mol. The Bertz CT molecular complexity index is 825. The number of carboxylic acids is 1. The highest BCUT2D eigenvalue weighted by atomic mass is 31.2. The number of carbonyl (C=O) groups is 3. The number of hydrogen-bond acceptors (Lipinski definition) is 5. The van der Waals surface area contributed by atoms with Gasteiger partial charge in [-0.2, -0.15) is 0 Å². The van der Waals surface area contributed by atoms with E-state index in [9.17, 15) is 29.3 Å². The molecule has 4 N–H and O–H groups in total. The van der Waals surface area contributed by atoms with Crippen molar-refractivity contribution in [3.63, 3.8) is 0 Å². The van der Waals surface area contributed by atoms with E-state index in [1.54, 1.807) is 30.3 Å². The van der Waals surface area contributed by atoms with E-state index in [-0.39, 0.29) is 36.4 Å². The number of nitrogens with one attached hydrogen (secondary N) is 1. The van der Waals surface area contributed by atoms with Crippen LogP contribution in [0.3, 0.4) is 0 Å². The highest BCUT2D eigenvalue weighted by Crippen LogP contribution is 2.61. The molecule has 2 unspecified atom stereocenters. The van der Waals surface area contributed by atoms with Crippen LogP contribution in [-0.4, -0.2) is 56.3 Å². The monoisotopic (exact) mass is 451 g/mol. The molecule has 8 nitrogen and oxygen atoms in total. The molecule has 2 amide bonds. The van der Waals surface area contributed by atoms with Crippen LogP contribution in [0.25, 0.3) is 0 Å². The molecule has 2 rings (SSSR count). The molecule has 9 heteroatoms. The van der Waals surface area contributed by atoms with Crippen LogP contribution in [0.4, 0.5) is 0 Å². The third kappa shape index (κ3) is 7.13. The molecule has 1 aromatic rings. The SMILES string of the molecule is CC(=O)NC(CC(C)C)C(=O)N1CCC=C1[P+](O)(O)CC(Cc1ccccc1)C(=O)O. The van der Waals surface area contributed by atoms with E-state index < -0.39 is 31.6 Å². The summed E-state index contributed by atoms with van der Waals surface area (Å²) in [5, 5.41) is 12.3. The smallest absolute Gasteiger partial charge is 0.317 e. The standard InChI is InChI=1S/C22H31N2O6P/c1-15(2)12-19(23-16(3)25)21(26)24-11-7-10-20(24)31(29,30)14-18(22(27)28)13-17-8-5-4-6-9-17/h4-6,8-10,15,18-19,29-30H,7,11-14H2,1-3H3,(H-,23,25,27,28)/p+1. The van der Waals surface area contributed by atoms with Crippen LogP contribution in [0.1, 0.15) is 39.2 Å². The summed E-state index contributed by atoms with van der Waals surface area (Å²) in [6.45, 7) is 5.46. The molecular weight excluding hydrogens is 419 g/mol. The predicted octanol–water partition coefficient (Wildman–Crippen LogP) is 2.39. The van der Waals surface area contributed by atoms with E-state index in [0.717, 1.165) is 5.56 Å². The summed E-state index contributed by atoms with van der Waals surface area (Å²) in [6, 6.07) is 8.22. The fraction of sp³-hybridized carbons (Fsp3) is 0.500. The first-order chi connectivity index (χ1) is 14.5. The van der Waals surface area contributed by atoms with Crippen molar-refractivity contribution in [3.8, 4) is 0 Å². The van der Waals surface area contributed by atoms with Crippen LogP contribution >= 0.6 is 7.72 Å². The lowest BCUT2D eigenvalue weighted by atomic mass is 10.0. The third-order valence-corrected chi connectivity index (χ3v) is 7.23. The van der Waals surface area contributed by atoms with Crippen LogP contribution in [0, 0.1) is 11.8 Å². The Balaban J connectivity index is 2.20. The van der Waals surface area contributed by atoms with Crippen LogP contribution in [0.5, 0.6) is 0 Å². The maximum atomic E-state index is 13.1. The number of hydrogen-bond donors (Lipinski definition) is 4.